The van der Waals surface area contributed by atoms with Crippen molar-refractivity contribution in [2.45, 2.75) is 20.4 Å². The number of nitrogens with zero attached hydrogens (tertiary/aromatic N) is 2. The van der Waals surface area contributed by atoms with Crippen LogP contribution in [0.4, 0.5) is 0 Å². The average molecular weight is 333 g/mol. The minimum atomic E-state index is 0.0711. The molecule has 1 aromatic carbocycles. The Kier molecular flexibility index (Phi) is 4.74. The second kappa shape index (κ2) is 6.77. The number of hydrogen-bond donors (Lipinski definition) is 0. The molecule has 2 aromatic rings. The maximum absolute atomic E-state index is 12.6. The van der Waals surface area contributed by atoms with E-state index >= 15 is 0 Å². The number of halogens is 1. The van der Waals surface area contributed by atoms with Crippen LogP contribution in [0.2, 0.25) is 5.02 Å². The third-order valence-electron chi connectivity index (χ3n) is 4.23. The van der Waals surface area contributed by atoms with Crippen molar-refractivity contribution in [1.82, 2.24) is 9.80 Å². The zero-order valence-electron chi connectivity index (χ0n) is 13.5. The van der Waals surface area contributed by atoms with Crippen molar-refractivity contribution >= 4 is 17.5 Å². The van der Waals surface area contributed by atoms with E-state index in [0.717, 1.165) is 43.5 Å². The highest BCUT2D eigenvalue weighted by Crippen LogP contribution is 2.18. The number of furan rings is 1. The Bertz CT molecular complexity index is 703. The van der Waals surface area contributed by atoms with E-state index in [9.17, 15) is 4.79 Å². The SMILES string of the molecule is Cc1cc(C(=O)N2CCN(Cc3cccc(Cl)c3)CC2)c(C)o1. The van der Waals surface area contributed by atoms with E-state index in [-0.39, 0.29) is 5.91 Å². The summed E-state index contributed by atoms with van der Waals surface area (Å²) in [5, 5.41) is 0.766. The van der Waals surface area contributed by atoms with Gasteiger partial charge in [-0.05, 0) is 37.6 Å². The Morgan fingerprint density at radius 2 is 1.91 bits per heavy atom. The first-order chi connectivity index (χ1) is 11.0. The van der Waals surface area contributed by atoms with Crippen LogP contribution in [0.15, 0.2) is 34.7 Å². The summed E-state index contributed by atoms with van der Waals surface area (Å²) in [7, 11) is 0. The molecule has 1 saturated heterocycles. The van der Waals surface area contributed by atoms with Crippen LogP contribution in [0, 0.1) is 13.8 Å². The fourth-order valence-electron chi connectivity index (χ4n) is 3.02. The summed E-state index contributed by atoms with van der Waals surface area (Å²) in [6.07, 6.45) is 0. The highest BCUT2D eigenvalue weighted by atomic mass is 35.5. The van der Waals surface area contributed by atoms with Crippen LogP contribution in [0.1, 0.15) is 27.4 Å². The Hall–Kier alpha value is -1.78. The second-order valence-corrected chi connectivity index (χ2v) is 6.46. The summed E-state index contributed by atoms with van der Waals surface area (Å²) in [6.45, 7) is 7.79. The molecule has 1 aliphatic heterocycles. The average Bonchev–Trinajstić information content (AvgIpc) is 2.86. The zero-order valence-corrected chi connectivity index (χ0v) is 14.3. The molecule has 122 valence electrons. The third kappa shape index (κ3) is 3.77. The Morgan fingerprint density at radius 1 is 1.17 bits per heavy atom. The van der Waals surface area contributed by atoms with Crippen LogP contribution in [-0.4, -0.2) is 41.9 Å². The molecule has 23 heavy (non-hydrogen) atoms. The van der Waals surface area contributed by atoms with Gasteiger partial charge in [-0.1, -0.05) is 23.7 Å². The van der Waals surface area contributed by atoms with Gasteiger partial charge in [0.15, 0.2) is 0 Å². The molecule has 5 heteroatoms. The molecule has 3 rings (SSSR count). The van der Waals surface area contributed by atoms with Crippen molar-refractivity contribution < 1.29 is 9.21 Å². The van der Waals surface area contributed by atoms with E-state index in [1.54, 1.807) is 0 Å². The van der Waals surface area contributed by atoms with Crippen LogP contribution in [0.3, 0.4) is 0 Å². The Morgan fingerprint density at radius 3 is 2.52 bits per heavy atom. The lowest BCUT2D eigenvalue weighted by Crippen LogP contribution is -2.48. The van der Waals surface area contributed by atoms with Crippen LogP contribution in [0.25, 0.3) is 0 Å². The van der Waals surface area contributed by atoms with Gasteiger partial charge in [0.25, 0.3) is 5.91 Å². The molecule has 1 amide bonds. The van der Waals surface area contributed by atoms with Gasteiger partial charge in [-0.3, -0.25) is 9.69 Å². The van der Waals surface area contributed by atoms with Crippen molar-refractivity contribution in [3.63, 3.8) is 0 Å². The molecule has 0 aliphatic carbocycles. The standard InChI is InChI=1S/C18H21ClN2O2/c1-13-10-17(14(2)23-13)18(22)21-8-6-20(7-9-21)12-15-4-3-5-16(19)11-15/h3-5,10-11H,6-9,12H2,1-2H3. The predicted octanol–water partition coefficient (Wildman–Crippen LogP) is 3.51. The number of aryl methyl sites for hydroxylation is 2. The first-order valence-electron chi connectivity index (χ1n) is 7.86. The topological polar surface area (TPSA) is 36.7 Å². The minimum Gasteiger partial charge on any atom is -0.466 e. The molecule has 0 radical (unpaired) electrons. The summed E-state index contributed by atoms with van der Waals surface area (Å²) in [5.41, 5.74) is 1.89. The molecular formula is C18H21ClN2O2. The number of rotatable bonds is 3. The van der Waals surface area contributed by atoms with Gasteiger partial charge in [-0.15, -0.1) is 0 Å². The molecule has 2 heterocycles. The molecule has 0 unspecified atom stereocenters. The molecule has 0 N–H and O–H groups in total. The number of benzene rings is 1. The van der Waals surface area contributed by atoms with Crippen LogP contribution < -0.4 is 0 Å². The number of piperazine rings is 1. The number of carbonyl (C=O) groups excluding carboxylic acids is 1. The van der Waals surface area contributed by atoms with Crippen LogP contribution in [-0.2, 0) is 6.54 Å². The quantitative estimate of drug-likeness (QED) is 0.863. The van der Waals surface area contributed by atoms with Gasteiger partial charge in [0.2, 0.25) is 0 Å². The van der Waals surface area contributed by atoms with Crippen molar-refractivity contribution in [1.29, 1.82) is 0 Å². The van der Waals surface area contributed by atoms with Gasteiger partial charge in [0.1, 0.15) is 11.5 Å². The van der Waals surface area contributed by atoms with Gasteiger partial charge in [-0.25, -0.2) is 0 Å². The van der Waals surface area contributed by atoms with Crippen LogP contribution >= 0.6 is 11.6 Å². The van der Waals surface area contributed by atoms with Crippen molar-refractivity contribution in [2.75, 3.05) is 26.2 Å². The van der Waals surface area contributed by atoms with Crippen molar-refractivity contribution in [2.24, 2.45) is 0 Å². The van der Waals surface area contributed by atoms with E-state index in [2.05, 4.69) is 11.0 Å². The fraction of sp³-hybridized carbons (Fsp3) is 0.389. The Labute approximate surface area is 141 Å². The zero-order chi connectivity index (χ0) is 16.4. The smallest absolute Gasteiger partial charge is 0.257 e. The molecule has 1 aliphatic rings. The van der Waals surface area contributed by atoms with Crippen molar-refractivity contribution in [3.05, 3.63) is 58.0 Å². The third-order valence-corrected chi connectivity index (χ3v) is 4.46. The molecule has 4 nitrogen and oxygen atoms in total. The fourth-order valence-corrected chi connectivity index (χ4v) is 3.23. The summed E-state index contributed by atoms with van der Waals surface area (Å²) < 4.78 is 5.47. The lowest BCUT2D eigenvalue weighted by molar-refractivity contribution is 0.0627. The van der Waals surface area contributed by atoms with Gasteiger partial charge in [-0.2, -0.15) is 0 Å². The van der Waals surface area contributed by atoms with Gasteiger partial charge >= 0.3 is 0 Å². The maximum atomic E-state index is 12.6. The number of hydrogen-bond acceptors (Lipinski definition) is 3. The minimum absolute atomic E-state index is 0.0711. The summed E-state index contributed by atoms with van der Waals surface area (Å²) >= 11 is 6.03. The molecule has 1 fully saturated rings. The molecular weight excluding hydrogens is 312 g/mol. The first kappa shape index (κ1) is 16.1. The second-order valence-electron chi connectivity index (χ2n) is 6.03. The van der Waals surface area contributed by atoms with Gasteiger partial charge < -0.3 is 9.32 Å². The van der Waals surface area contributed by atoms with E-state index in [1.165, 1.54) is 5.56 Å². The Balaban J connectivity index is 1.58. The molecule has 0 atom stereocenters. The van der Waals surface area contributed by atoms with Gasteiger partial charge in [0.05, 0.1) is 5.56 Å². The highest BCUT2D eigenvalue weighted by molar-refractivity contribution is 6.30. The monoisotopic (exact) mass is 332 g/mol. The molecule has 0 bridgehead atoms. The lowest BCUT2D eigenvalue weighted by atomic mass is 10.1. The normalized spacial score (nSPS) is 15.9. The maximum Gasteiger partial charge on any atom is 0.257 e. The van der Waals surface area contributed by atoms with E-state index in [4.69, 9.17) is 16.0 Å². The van der Waals surface area contributed by atoms with E-state index in [0.29, 0.717) is 11.3 Å². The number of amides is 1. The first-order valence-corrected chi connectivity index (χ1v) is 8.24. The summed E-state index contributed by atoms with van der Waals surface area (Å²) in [6, 6.07) is 9.77. The predicted molar refractivity (Wildman–Crippen MR) is 90.8 cm³/mol. The van der Waals surface area contributed by atoms with Crippen LogP contribution in [0.5, 0.6) is 0 Å². The molecule has 1 aromatic heterocycles. The van der Waals surface area contributed by atoms with E-state index in [1.807, 2.05) is 43.0 Å². The van der Waals surface area contributed by atoms with Gasteiger partial charge in [0, 0.05) is 37.7 Å². The summed E-state index contributed by atoms with van der Waals surface area (Å²) in [4.78, 5) is 16.8. The summed E-state index contributed by atoms with van der Waals surface area (Å²) in [5.74, 6) is 1.56. The number of carbonyl (C=O) groups is 1. The van der Waals surface area contributed by atoms with E-state index < -0.39 is 0 Å². The lowest BCUT2D eigenvalue weighted by Gasteiger charge is -2.34. The highest BCUT2D eigenvalue weighted by Gasteiger charge is 2.24. The largest absolute Gasteiger partial charge is 0.466 e. The van der Waals surface area contributed by atoms with Crippen molar-refractivity contribution in [3.8, 4) is 0 Å². The molecule has 0 spiro atoms. The molecule has 0 saturated carbocycles.